The molecule has 0 heterocycles. The number of hydrogen-bond donors (Lipinski definition) is 0. The second-order valence-corrected chi connectivity index (χ2v) is 8.42. The molecule has 0 amide bonds. The van der Waals surface area contributed by atoms with Gasteiger partial charge in [-0.2, -0.15) is 0 Å². The molecule has 0 aromatic carbocycles. The SMILES string of the molecule is CCCC(CC)OC(=O)CC(C)CCCCCCCCCCC(C)C. The molecular formula is C23H46O2. The molecule has 2 heteroatoms. The Morgan fingerprint density at radius 2 is 1.28 bits per heavy atom. The predicted molar refractivity (Wildman–Crippen MR) is 110 cm³/mol. The monoisotopic (exact) mass is 354 g/mol. The summed E-state index contributed by atoms with van der Waals surface area (Å²) in [6, 6.07) is 0. The van der Waals surface area contributed by atoms with Crippen molar-refractivity contribution in [3.8, 4) is 0 Å². The fraction of sp³-hybridized carbons (Fsp3) is 0.957. The lowest BCUT2D eigenvalue weighted by Gasteiger charge is -2.17. The van der Waals surface area contributed by atoms with Crippen LogP contribution in [0.25, 0.3) is 0 Å². The smallest absolute Gasteiger partial charge is 0.306 e. The summed E-state index contributed by atoms with van der Waals surface area (Å²) in [7, 11) is 0. The Balaban J connectivity index is 3.48. The number of unbranched alkanes of at least 4 members (excludes halogenated alkanes) is 7. The van der Waals surface area contributed by atoms with Gasteiger partial charge in [0.05, 0.1) is 0 Å². The summed E-state index contributed by atoms with van der Waals surface area (Å²) < 4.78 is 5.58. The number of ether oxygens (including phenoxy) is 1. The van der Waals surface area contributed by atoms with E-state index in [1.807, 2.05) is 0 Å². The van der Waals surface area contributed by atoms with E-state index >= 15 is 0 Å². The van der Waals surface area contributed by atoms with Gasteiger partial charge in [0.25, 0.3) is 0 Å². The van der Waals surface area contributed by atoms with Crippen LogP contribution in [0.1, 0.15) is 125 Å². The Bertz CT molecular complexity index is 298. The topological polar surface area (TPSA) is 26.3 Å². The van der Waals surface area contributed by atoms with Crippen molar-refractivity contribution in [2.75, 3.05) is 0 Å². The van der Waals surface area contributed by atoms with Gasteiger partial charge < -0.3 is 4.74 Å². The molecule has 0 bridgehead atoms. The van der Waals surface area contributed by atoms with E-state index < -0.39 is 0 Å². The van der Waals surface area contributed by atoms with E-state index in [0.717, 1.165) is 31.6 Å². The molecule has 2 atom stereocenters. The van der Waals surface area contributed by atoms with Gasteiger partial charge in [-0.25, -0.2) is 0 Å². The van der Waals surface area contributed by atoms with Crippen LogP contribution < -0.4 is 0 Å². The molecule has 0 saturated carbocycles. The number of rotatable bonds is 17. The highest BCUT2D eigenvalue weighted by atomic mass is 16.5. The summed E-state index contributed by atoms with van der Waals surface area (Å²) in [5.74, 6) is 1.33. The van der Waals surface area contributed by atoms with E-state index in [-0.39, 0.29) is 12.1 Å². The van der Waals surface area contributed by atoms with Crippen molar-refractivity contribution in [2.45, 2.75) is 131 Å². The van der Waals surface area contributed by atoms with Gasteiger partial charge in [-0.3, -0.25) is 4.79 Å². The quantitative estimate of drug-likeness (QED) is 0.198. The molecule has 0 spiro atoms. The van der Waals surface area contributed by atoms with Gasteiger partial charge in [0.15, 0.2) is 0 Å². The average molecular weight is 355 g/mol. The molecular weight excluding hydrogens is 308 g/mol. The number of carbonyl (C=O) groups is 1. The minimum absolute atomic E-state index is 0.00852. The molecule has 0 aromatic rings. The summed E-state index contributed by atoms with van der Waals surface area (Å²) in [5, 5.41) is 0. The van der Waals surface area contributed by atoms with Crippen LogP contribution in [0.4, 0.5) is 0 Å². The van der Waals surface area contributed by atoms with Crippen molar-refractivity contribution in [3.63, 3.8) is 0 Å². The van der Waals surface area contributed by atoms with Gasteiger partial charge in [0.1, 0.15) is 6.10 Å². The van der Waals surface area contributed by atoms with E-state index in [0.29, 0.717) is 12.3 Å². The van der Waals surface area contributed by atoms with Crippen LogP contribution >= 0.6 is 0 Å². The lowest BCUT2D eigenvalue weighted by Crippen LogP contribution is -2.19. The average Bonchev–Trinajstić information content (AvgIpc) is 2.55. The first-order valence-corrected chi connectivity index (χ1v) is 11.2. The third-order valence-corrected chi connectivity index (χ3v) is 5.11. The molecule has 0 radical (unpaired) electrons. The highest BCUT2D eigenvalue weighted by Gasteiger charge is 2.14. The standard InChI is InChI=1S/C23H46O2/c1-6-16-22(7-2)25-23(24)19-21(5)18-15-13-11-9-8-10-12-14-17-20(3)4/h20-22H,6-19H2,1-5H3. The van der Waals surface area contributed by atoms with Gasteiger partial charge in [-0.15, -0.1) is 0 Å². The van der Waals surface area contributed by atoms with Crippen LogP contribution in [0.3, 0.4) is 0 Å². The number of hydrogen-bond acceptors (Lipinski definition) is 2. The summed E-state index contributed by atoms with van der Waals surface area (Å²) in [6.07, 6.45) is 17.2. The Hall–Kier alpha value is -0.530. The van der Waals surface area contributed by atoms with Crippen LogP contribution in [0, 0.1) is 11.8 Å². The van der Waals surface area contributed by atoms with Crippen LogP contribution in [-0.4, -0.2) is 12.1 Å². The maximum Gasteiger partial charge on any atom is 0.306 e. The largest absolute Gasteiger partial charge is 0.462 e. The van der Waals surface area contributed by atoms with Gasteiger partial charge in [0.2, 0.25) is 0 Å². The molecule has 0 fully saturated rings. The van der Waals surface area contributed by atoms with Crippen molar-refractivity contribution >= 4 is 5.97 Å². The lowest BCUT2D eigenvalue weighted by molar-refractivity contribution is -0.150. The van der Waals surface area contributed by atoms with E-state index in [1.54, 1.807) is 0 Å². The van der Waals surface area contributed by atoms with Gasteiger partial charge in [0, 0.05) is 6.42 Å². The molecule has 150 valence electrons. The van der Waals surface area contributed by atoms with Crippen LogP contribution in [0.5, 0.6) is 0 Å². The number of esters is 1. The van der Waals surface area contributed by atoms with Crippen molar-refractivity contribution in [3.05, 3.63) is 0 Å². The minimum atomic E-state index is 0.00852. The second kappa shape index (κ2) is 16.9. The zero-order valence-corrected chi connectivity index (χ0v) is 17.9. The third-order valence-electron chi connectivity index (χ3n) is 5.11. The van der Waals surface area contributed by atoms with Crippen LogP contribution in [0.2, 0.25) is 0 Å². The van der Waals surface area contributed by atoms with Crippen molar-refractivity contribution in [2.24, 2.45) is 11.8 Å². The molecule has 0 N–H and O–H groups in total. The normalized spacial score (nSPS) is 13.8. The lowest BCUT2D eigenvalue weighted by atomic mass is 9.98. The number of carbonyl (C=O) groups excluding carboxylic acids is 1. The minimum Gasteiger partial charge on any atom is -0.462 e. The van der Waals surface area contributed by atoms with E-state index in [9.17, 15) is 4.79 Å². The van der Waals surface area contributed by atoms with Gasteiger partial charge in [-0.05, 0) is 24.7 Å². The van der Waals surface area contributed by atoms with Gasteiger partial charge in [-0.1, -0.05) is 105 Å². The predicted octanol–water partition coefficient (Wildman–Crippen LogP) is 7.69. The summed E-state index contributed by atoms with van der Waals surface area (Å²) in [4.78, 5) is 12.0. The molecule has 0 aliphatic heterocycles. The second-order valence-electron chi connectivity index (χ2n) is 8.42. The highest BCUT2D eigenvalue weighted by molar-refractivity contribution is 5.69. The molecule has 2 unspecified atom stereocenters. The maximum absolute atomic E-state index is 12.0. The van der Waals surface area contributed by atoms with Gasteiger partial charge >= 0.3 is 5.97 Å². The van der Waals surface area contributed by atoms with E-state index in [1.165, 1.54) is 57.8 Å². The molecule has 0 saturated heterocycles. The summed E-state index contributed by atoms with van der Waals surface area (Å²) >= 11 is 0. The first-order chi connectivity index (χ1) is 12.0. The molecule has 25 heavy (non-hydrogen) atoms. The zero-order valence-electron chi connectivity index (χ0n) is 17.9. The first-order valence-electron chi connectivity index (χ1n) is 11.2. The van der Waals surface area contributed by atoms with Crippen molar-refractivity contribution in [1.82, 2.24) is 0 Å². The Morgan fingerprint density at radius 3 is 1.76 bits per heavy atom. The molecule has 0 aliphatic carbocycles. The van der Waals surface area contributed by atoms with Crippen molar-refractivity contribution < 1.29 is 9.53 Å². The Labute approximate surface area is 158 Å². The Kier molecular flexibility index (Phi) is 16.6. The van der Waals surface area contributed by atoms with Crippen molar-refractivity contribution in [1.29, 1.82) is 0 Å². The van der Waals surface area contributed by atoms with E-state index in [2.05, 4.69) is 34.6 Å². The molecule has 0 aliphatic rings. The highest BCUT2D eigenvalue weighted by Crippen LogP contribution is 2.17. The zero-order chi connectivity index (χ0) is 18.9. The van der Waals surface area contributed by atoms with E-state index in [4.69, 9.17) is 4.74 Å². The van der Waals surface area contributed by atoms with Crippen LogP contribution in [0.15, 0.2) is 0 Å². The summed E-state index contributed by atoms with van der Waals surface area (Å²) in [5.41, 5.74) is 0. The molecule has 0 aromatic heterocycles. The third kappa shape index (κ3) is 16.7. The Morgan fingerprint density at radius 1 is 0.760 bits per heavy atom. The fourth-order valence-corrected chi connectivity index (χ4v) is 3.39. The molecule has 0 rings (SSSR count). The first kappa shape index (κ1) is 24.5. The maximum atomic E-state index is 12.0. The van der Waals surface area contributed by atoms with Crippen LogP contribution in [-0.2, 0) is 9.53 Å². The fourth-order valence-electron chi connectivity index (χ4n) is 3.39. The molecule has 2 nitrogen and oxygen atoms in total. The summed E-state index contributed by atoms with van der Waals surface area (Å²) in [6.45, 7) is 11.1.